The average Bonchev–Trinajstić information content (AvgIpc) is 2.60. The molecule has 0 fully saturated rings. The number of rotatable bonds is 10. The molecule has 0 aliphatic rings. The van der Waals surface area contributed by atoms with Gasteiger partial charge >= 0.3 is 5.97 Å². The van der Waals surface area contributed by atoms with Gasteiger partial charge in [0.05, 0.1) is 20.4 Å². The Morgan fingerprint density at radius 2 is 1.88 bits per heavy atom. The molecule has 0 aromatic heterocycles. The van der Waals surface area contributed by atoms with Crippen molar-refractivity contribution in [2.45, 2.75) is 38.5 Å². The summed E-state index contributed by atoms with van der Waals surface area (Å²) < 4.78 is 10.3. The van der Waals surface area contributed by atoms with Crippen molar-refractivity contribution in [1.29, 1.82) is 0 Å². The topological polar surface area (TPSA) is 97.2 Å². The first-order valence-corrected chi connectivity index (χ1v) is 8.72. The number of nitrogens with zero attached hydrogens (tertiary/aromatic N) is 1. The molecule has 1 aromatic rings. The number of esters is 1. The van der Waals surface area contributed by atoms with Crippen molar-refractivity contribution in [2.75, 3.05) is 14.2 Å². The predicted molar refractivity (Wildman–Crippen MR) is 97.8 cm³/mol. The van der Waals surface area contributed by atoms with Gasteiger partial charge < -0.3 is 14.6 Å². The van der Waals surface area contributed by atoms with Crippen LogP contribution in [0.4, 0.5) is 0 Å². The zero-order chi connectivity index (χ0) is 18.7. The molecule has 25 heavy (non-hydrogen) atoms. The van der Waals surface area contributed by atoms with Gasteiger partial charge in [-0.2, -0.15) is 5.10 Å². The fraction of sp³-hybridized carbons (Fsp3) is 0.471. The molecule has 7 nitrogen and oxygen atoms in total. The lowest BCUT2D eigenvalue weighted by molar-refractivity contribution is -0.140. The number of unbranched alkanes of at least 4 members (excludes halogenated alkanes) is 3. The number of benzene rings is 1. The number of halogens is 1. The van der Waals surface area contributed by atoms with E-state index in [4.69, 9.17) is 4.74 Å². The summed E-state index contributed by atoms with van der Waals surface area (Å²) in [5.74, 6) is -0.145. The fourth-order valence-corrected chi connectivity index (χ4v) is 2.54. The smallest absolute Gasteiger partial charge is 0.305 e. The van der Waals surface area contributed by atoms with E-state index in [2.05, 4.69) is 31.2 Å². The first-order valence-electron chi connectivity index (χ1n) is 7.93. The molecule has 138 valence electrons. The molecule has 0 radical (unpaired) electrons. The molecule has 0 heterocycles. The lowest BCUT2D eigenvalue weighted by Crippen LogP contribution is -2.16. The summed E-state index contributed by atoms with van der Waals surface area (Å²) in [6, 6.07) is 3.29. The Bertz CT molecular complexity index is 619. The van der Waals surface area contributed by atoms with Crippen molar-refractivity contribution in [3.63, 3.8) is 0 Å². The van der Waals surface area contributed by atoms with Crippen LogP contribution in [0, 0.1) is 0 Å². The highest BCUT2D eigenvalue weighted by atomic mass is 79.9. The number of ether oxygens (including phenoxy) is 2. The first kappa shape index (κ1) is 21.0. The Morgan fingerprint density at radius 3 is 2.52 bits per heavy atom. The van der Waals surface area contributed by atoms with E-state index in [-0.39, 0.29) is 17.6 Å². The van der Waals surface area contributed by atoms with Crippen LogP contribution in [0.5, 0.6) is 11.5 Å². The van der Waals surface area contributed by atoms with Crippen LogP contribution in [-0.2, 0) is 14.3 Å². The maximum atomic E-state index is 11.7. The number of aromatic hydroxyl groups is 1. The van der Waals surface area contributed by atoms with E-state index in [1.807, 2.05) is 0 Å². The molecular formula is C17H23BrN2O5. The third kappa shape index (κ3) is 8.02. The maximum absolute atomic E-state index is 11.7. The minimum Gasteiger partial charge on any atom is -0.504 e. The highest BCUT2D eigenvalue weighted by Crippen LogP contribution is 2.32. The lowest BCUT2D eigenvalue weighted by Gasteiger charge is -2.06. The van der Waals surface area contributed by atoms with Gasteiger partial charge in [-0.3, -0.25) is 9.59 Å². The second-order valence-electron chi connectivity index (χ2n) is 5.33. The molecule has 0 spiro atoms. The second kappa shape index (κ2) is 11.5. The zero-order valence-corrected chi connectivity index (χ0v) is 16.0. The maximum Gasteiger partial charge on any atom is 0.305 e. The number of amides is 1. The number of hydrogen-bond donors (Lipinski definition) is 2. The first-order chi connectivity index (χ1) is 12.0. The quantitative estimate of drug-likeness (QED) is 0.265. The van der Waals surface area contributed by atoms with Crippen LogP contribution >= 0.6 is 15.9 Å². The number of carbonyl (C=O) groups excluding carboxylic acids is 2. The molecule has 1 aromatic carbocycles. The minimum atomic E-state index is -0.209. The van der Waals surface area contributed by atoms with Gasteiger partial charge in [-0.15, -0.1) is 0 Å². The van der Waals surface area contributed by atoms with Crippen molar-refractivity contribution in [2.24, 2.45) is 5.10 Å². The van der Waals surface area contributed by atoms with Crippen LogP contribution in [0.3, 0.4) is 0 Å². The Labute approximate surface area is 155 Å². The molecule has 0 saturated heterocycles. The van der Waals surface area contributed by atoms with E-state index in [1.54, 1.807) is 12.1 Å². The van der Waals surface area contributed by atoms with Crippen LogP contribution in [0.25, 0.3) is 0 Å². The highest BCUT2D eigenvalue weighted by Gasteiger charge is 2.08. The summed E-state index contributed by atoms with van der Waals surface area (Å²) in [5, 5.41) is 13.8. The van der Waals surface area contributed by atoms with Gasteiger partial charge in [-0.25, -0.2) is 5.43 Å². The van der Waals surface area contributed by atoms with Gasteiger partial charge in [0.1, 0.15) is 0 Å². The van der Waals surface area contributed by atoms with Crippen LogP contribution in [0.1, 0.15) is 44.1 Å². The molecule has 0 saturated carbocycles. The molecule has 0 bridgehead atoms. The molecule has 0 atom stereocenters. The molecule has 1 amide bonds. The molecular weight excluding hydrogens is 392 g/mol. The molecule has 0 unspecified atom stereocenters. The largest absolute Gasteiger partial charge is 0.504 e. The van der Waals surface area contributed by atoms with Crippen LogP contribution < -0.4 is 10.2 Å². The van der Waals surface area contributed by atoms with Crippen LogP contribution in [0.15, 0.2) is 21.7 Å². The van der Waals surface area contributed by atoms with Crippen molar-refractivity contribution >= 4 is 34.0 Å². The summed E-state index contributed by atoms with van der Waals surface area (Å²) in [6.07, 6.45) is 5.33. The monoisotopic (exact) mass is 414 g/mol. The fourth-order valence-electron chi connectivity index (χ4n) is 2.09. The van der Waals surface area contributed by atoms with E-state index in [0.717, 1.165) is 30.2 Å². The Hall–Kier alpha value is -2.09. The van der Waals surface area contributed by atoms with Gasteiger partial charge in [0, 0.05) is 22.9 Å². The number of hydrazone groups is 1. The number of carbonyl (C=O) groups is 2. The van der Waals surface area contributed by atoms with E-state index in [1.165, 1.54) is 20.4 Å². The minimum absolute atomic E-state index is 0.0469. The van der Waals surface area contributed by atoms with Crippen molar-refractivity contribution in [3.05, 3.63) is 22.2 Å². The normalized spacial score (nSPS) is 10.7. The van der Waals surface area contributed by atoms with Gasteiger partial charge in [-0.05, 0) is 25.0 Å². The van der Waals surface area contributed by atoms with E-state index < -0.39 is 0 Å². The molecule has 0 aliphatic carbocycles. The molecule has 0 aliphatic heterocycles. The SMILES string of the molecule is COC(=O)CCCCCCC(=O)N/N=C/c1cc(Br)cc(OC)c1O. The van der Waals surface area contributed by atoms with Crippen molar-refractivity contribution in [1.82, 2.24) is 5.43 Å². The Kier molecular flexibility index (Phi) is 9.61. The number of nitrogens with one attached hydrogen (secondary N) is 1. The zero-order valence-electron chi connectivity index (χ0n) is 14.4. The second-order valence-corrected chi connectivity index (χ2v) is 6.25. The van der Waals surface area contributed by atoms with Crippen molar-refractivity contribution in [3.8, 4) is 11.5 Å². The third-order valence-electron chi connectivity index (χ3n) is 3.44. The standard InChI is InChI=1S/C17H23BrN2O5/c1-24-14-10-13(18)9-12(17(14)23)11-19-20-15(21)7-5-3-4-6-8-16(22)25-2/h9-11,23H,3-8H2,1-2H3,(H,20,21)/b19-11+. The predicted octanol–water partition coefficient (Wildman–Crippen LogP) is 3.13. The lowest BCUT2D eigenvalue weighted by atomic mass is 10.1. The summed E-state index contributed by atoms with van der Waals surface area (Å²) in [5.41, 5.74) is 2.85. The van der Waals surface area contributed by atoms with Gasteiger partial charge in [-0.1, -0.05) is 28.8 Å². The summed E-state index contributed by atoms with van der Waals surface area (Å²) in [4.78, 5) is 22.6. The van der Waals surface area contributed by atoms with E-state index in [9.17, 15) is 14.7 Å². The number of phenolic OH excluding ortho intramolecular Hbond substituents is 1. The molecule has 2 N–H and O–H groups in total. The van der Waals surface area contributed by atoms with Gasteiger partial charge in [0.2, 0.25) is 5.91 Å². The summed E-state index contributed by atoms with van der Waals surface area (Å²) in [6.45, 7) is 0. The van der Waals surface area contributed by atoms with E-state index >= 15 is 0 Å². The number of methoxy groups -OCH3 is 2. The summed E-state index contributed by atoms with van der Waals surface area (Å²) in [7, 11) is 2.83. The Morgan fingerprint density at radius 1 is 1.20 bits per heavy atom. The molecule has 1 rings (SSSR count). The molecule has 8 heteroatoms. The highest BCUT2D eigenvalue weighted by molar-refractivity contribution is 9.10. The van der Waals surface area contributed by atoms with Crippen LogP contribution in [-0.4, -0.2) is 37.4 Å². The number of phenols is 1. The van der Waals surface area contributed by atoms with E-state index in [0.29, 0.717) is 24.2 Å². The van der Waals surface area contributed by atoms with Gasteiger partial charge in [0.15, 0.2) is 11.5 Å². The third-order valence-corrected chi connectivity index (χ3v) is 3.90. The number of hydrogen-bond acceptors (Lipinski definition) is 6. The van der Waals surface area contributed by atoms with Crippen LogP contribution in [0.2, 0.25) is 0 Å². The average molecular weight is 415 g/mol. The Balaban J connectivity index is 2.31. The summed E-state index contributed by atoms with van der Waals surface area (Å²) >= 11 is 3.31. The van der Waals surface area contributed by atoms with Gasteiger partial charge in [0.25, 0.3) is 0 Å². The van der Waals surface area contributed by atoms with Crippen molar-refractivity contribution < 1.29 is 24.2 Å².